The fourth-order valence-electron chi connectivity index (χ4n) is 1.19. The van der Waals surface area contributed by atoms with E-state index in [2.05, 4.69) is 9.71 Å². The van der Waals surface area contributed by atoms with Crippen molar-refractivity contribution in [2.24, 2.45) is 0 Å². The monoisotopic (exact) mass is 244 g/mol. The molecule has 0 bridgehead atoms. The highest BCUT2D eigenvalue weighted by Crippen LogP contribution is 2.05. The number of sulfonamides is 1. The number of nitrogens with one attached hydrogen (secondary N) is 1. The Bertz CT molecular complexity index is 403. The van der Waals surface area contributed by atoms with Gasteiger partial charge in [0.05, 0.1) is 6.10 Å². The second-order valence-electron chi connectivity index (χ2n) is 3.58. The molecule has 0 aliphatic carbocycles. The van der Waals surface area contributed by atoms with Crippen molar-refractivity contribution in [1.29, 1.82) is 0 Å². The average Bonchev–Trinajstić information content (AvgIpc) is 2.26. The highest BCUT2D eigenvalue weighted by Gasteiger charge is 2.12. The molecule has 1 rings (SSSR count). The number of nitrogens with zero attached hydrogens (tertiary/aromatic N) is 1. The topological polar surface area (TPSA) is 79.3 Å². The lowest BCUT2D eigenvalue weighted by atomic mass is 10.2. The van der Waals surface area contributed by atoms with Crippen molar-refractivity contribution < 1.29 is 13.5 Å². The summed E-state index contributed by atoms with van der Waals surface area (Å²) in [6, 6.07) is 3.06. The van der Waals surface area contributed by atoms with Crippen molar-refractivity contribution in [2.45, 2.75) is 30.8 Å². The smallest absolute Gasteiger partial charge is 0.242 e. The molecular formula is C10H16N2O3S. The Morgan fingerprint density at radius 1 is 1.56 bits per heavy atom. The molecule has 1 heterocycles. The maximum absolute atomic E-state index is 11.7. The Morgan fingerprint density at radius 3 is 2.88 bits per heavy atom. The summed E-state index contributed by atoms with van der Waals surface area (Å²) in [5.41, 5.74) is 0. The van der Waals surface area contributed by atoms with Crippen molar-refractivity contribution in [3.05, 3.63) is 24.5 Å². The Hall–Kier alpha value is -0.980. The number of hydrogen-bond acceptors (Lipinski definition) is 4. The van der Waals surface area contributed by atoms with Gasteiger partial charge < -0.3 is 5.11 Å². The Labute approximate surface area is 95.6 Å². The molecule has 1 aromatic heterocycles. The molecule has 1 unspecified atom stereocenters. The fourth-order valence-corrected chi connectivity index (χ4v) is 2.23. The van der Waals surface area contributed by atoms with Crippen LogP contribution in [-0.2, 0) is 10.0 Å². The SMILES string of the molecule is CC(O)CCCNS(=O)(=O)c1cccnc1. The minimum absolute atomic E-state index is 0.159. The first-order chi connectivity index (χ1) is 7.52. The first-order valence-corrected chi connectivity index (χ1v) is 6.58. The molecule has 0 aliphatic rings. The van der Waals surface area contributed by atoms with Gasteiger partial charge in [0.1, 0.15) is 4.90 Å². The molecule has 0 saturated carbocycles. The zero-order valence-electron chi connectivity index (χ0n) is 9.13. The third kappa shape index (κ3) is 4.26. The summed E-state index contributed by atoms with van der Waals surface area (Å²) in [7, 11) is -3.45. The van der Waals surface area contributed by atoms with Crippen molar-refractivity contribution in [1.82, 2.24) is 9.71 Å². The highest BCUT2D eigenvalue weighted by atomic mass is 32.2. The second kappa shape index (κ2) is 5.93. The van der Waals surface area contributed by atoms with E-state index >= 15 is 0 Å². The summed E-state index contributed by atoms with van der Waals surface area (Å²) in [5.74, 6) is 0. The van der Waals surface area contributed by atoms with Gasteiger partial charge in [0.2, 0.25) is 10.0 Å². The average molecular weight is 244 g/mol. The van der Waals surface area contributed by atoms with Crippen molar-refractivity contribution in [3.63, 3.8) is 0 Å². The predicted molar refractivity (Wildman–Crippen MR) is 60.3 cm³/mol. The van der Waals surface area contributed by atoms with Crippen LogP contribution in [0, 0.1) is 0 Å². The van der Waals surface area contributed by atoms with Gasteiger partial charge >= 0.3 is 0 Å². The molecule has 90 valence electrons. The Kier molecular flexibility index (Phi) is 4.85. The number of aliphatic hydroxyl groups is 1. The normalized spacial score (nSPS) is 13.6. The van der Waals surface area contributed by atoms with Crippen LogP contribution in [0.25, 0.3) is 0 Å². The molecular weight excluding hydrogens is 228 g/mol. The van der Waals surface area contributed by atoms with Crippen LogP contribution in [0.1, 0.15) is 19.8 Å². The molecule has 1 atom stereocenters. The van der Waals surface area contributed by atoms with E-state index in [4.69, 9.17) is 5.11 Å². The van der Waals surface area contributed by atoms with Gasteiger partial charge in [-0.1, -0.05) is 0 Å². The number of hydrogen-bond donors (Lipinski definition) is 2. The van der Waals surface area contributed by atoms with Gasteiger partial charge in [0.25, 0.3) is 0 Å². The standard InChI is InChI=1S/C10H16N2O3S/c1-9(13)4-2-7-12-16(14,15)10-5-3-6-11-8-10/h3,5-6,8-9,12-13H,2,4,7H2,1H3. The lowest BCUT2D eigenvalue weighted by Gasteiger charge is -2.07. The molecule has 6 heteroatoms. The van der Waals surface area contributed by atoms with E-state index < -0.39 is 16.1 Å². The van der Waals surface area contributed by atoms with Gasteiger partial charge in [-0.2, -0.15) is 0 Å². The summed E-state index contributed by atoms with van der Waals surface area (Å²) >= 11 is 0. The van der Waals surface area contributed by atoms with Crippen LogP contribution in [0.5, 0.6) is 0 Å². The third-order valence-electron chi connectivity index (χ3n) is 2.04. The van der Waals surface area contributed by atoms with Gasteiger partial charge in [0.15, 0.2) is 0 Å². The summed E-state index contributed by atoms with van der Waals surface area (Å²) in [6.07, 6.45) is 3.61. The minimum atomic E-state index is -3.45. The first-order valence-electron chi connectivity index (χ1n) is 5.10. The van der Waals surface area contributed by atoms with E-state index in [0.29, 0.717) is 19.4 Å². The maximum atomic E-state index is 11.7. The fraction of sp³-hybridized carbons (Fsp3) is 0.500. The van der Waals surface area contributed by atoms with Crippen molar-refractivity contribution >= 4 is 10.0 Å². The summed E-state index contributed by atoms with van der Waals surface area (Å²) in [6.45, 7) is 2.00. The van der Waals surface area contributed by atoms with E-state index in [1.165, 1.54) is 18.5 Å². The van der Waals surface area contributed by atoms with E-state index in [1.54, 1.807) is 13.0 Å². The van der Waals surface area contributed by atoms with Gasteiger partial charge in [-0.25, -0.2) is 13.1 Å². The number of rotatable bonds is 6. The van der Waals surface area contributed by atoms with Gasteiger partial charge in [-0.3, -0.25) is 4.98 Å². The van der Waals surface area contributed by atoms with Crippen LogP contribution in [0.3, 0.4) is 0 Å². The zero-order valence-corrected chi connectivity index (χ0v) is 9.94. The quantitative estimate of drug-likeness (QED) is 0.715. The van der Waals surface area contributed by atoms with Crippen LogP contribution >= 0.6 is 0 Å². The third-order valence-corrected chi connectivity index (χ3v) is 3.48. The molecule has 0 radical (unpaired) electrons. The van der Waals surface area contributed by atoms with E-state index in [9.17, 15) is 8.42 Å². The first kappa shape index (κ1) is 13.1. The Balaban J connectivity index is 2.48. The zero-order chi connectivity index (χ0) is 12.0. The molecule has 0 spiro atoms. The molecule has 16 heavy (non-hydrogen) atoms. The molecule has 1 aromatic rings. The molecule has 2 N–H and O–H groups in total. The van der Waals surface area contributed by atoms with Crippen molar-refractivity contribution in [3.8, 4) is 0 Å². The molecule has 0 aliphatic heterocycles. The van der Waals surface area contributed by atoms with Gasteiger partial charge in [0, 0.05) is 18.9 Å². The number of aromatic nitrogens is 1. The lowest BCUT2D eigenvalue weighted by molar-refractivity contribution is 0.182. The van der Waals surface area contributed by atoms with Crippen LogP contribution in [0.4, 0.5) is 0 Å². The van der Waals surface area contributed by atoms with Crippen LogP contribution < -0.4 is 4.72 Å². The summed E-state index contributed by atoms with van der Waals surface area (Å²) < 4.78 is 25.8. The number of aliphatic hydroxyl groups excluding tert-OH is 1. The van der Waals surface area contributed by atoms with Gasteiger partial charge in [-0.05, 0) is 31.9 Å². The molecule has 5 nitrogen and oxygen atoms in total. The number of pyridine rings is 1. The largest absolute Gasteiger partial charge is 0.393 e. The molecule has 0 amide bonds. The summed E-state index contributed by atoms with van der Waals surface area (Å²) in [4.78, 5) is 3.91. The van der Waals surface area contributed by atoms with E-state index in [1.807, 2.05) is 0 Å². The van der Waals surface area contributed by atoms with Crippen LogP contribution in [0.2, 0.25) is 0 Å². The second-order valence-corrected chi connectivity index (χ2v) is 5.34. The highest BCUT2D eigenvalue weighted by molar-refractivity contribution is 7.89. The van der Waals surface area contributed by atoms with Gasteiger partial charge in [-0.15, -0.1) is 0 Å². The maximum Gasteiger partial charge on any atom is 0.242 e. The minimum Gasteiger partial charge on any atom is -0.393 e. The molecule has 0 aromatic carbocycles. The van der Waals surface area contributed by atoms with E-state index in [0.717, 1.165) is 0 Å². The summed E-state index contributed by atoms with van der Waals surface area (Å²) in [5, 5.41) is 9.01. The Morgan fingerprint density at radius 2 is 2.31 bits per heavy atom. The van der Waals surface area contributed by atoms with Crippen LogP contribution in [0.15, 0.2) is 29.4 Å². The van der Waals surface area contributed by atoms with Crippen molar-refractivity contribution in [2.75, 3.05) is 6.54 Å². The molecule has 0 saturated heterocycles. The lowest BCUT2D eigenvalue weighted by Crippen LogP contribution is -2.25. The van der Waals surface area contributed by atoms with Crippen LogP contribution in [-0.4, -0.2) is 31.2 Å². The predicted octanol–water partition coefficient (Wildman–Crippen LogP) is 0.521. The van der Waals surface area contributed by atoms with E-state index in [-0.39, 0.29) is 4.90 Å². The molecule has 0 fully saturated rings.